The van der Waals surface area contributed by atoms with Crippen LogP contribution in [0.1, 0.15) is 16.8 Å². The Morgan fingerprint density at radius 2 is 1.71 bits per heavy atom. The largest absolute Gasteiger partial charge is 0.307 e. The van der Waals surface area contributed by atoms with Crippen LogP contribution in [-0.2, 0) is 19.6 Å². The van der Waals surface area contributed by atoms with Gasteiger partial charge in [-0.1, -0.05) is 60.1 Å². The maximum Gasteiger partial charge on any atom is 0.117 e. The van der Waals surface area contributed by atoms with E-state index in [1.54, 1.807) is 11.0 Å². The van der Waals surface area contributed by atoms with Gasteiger partial charge in [-0.05, 0) is 29.3 Å². The van der Waals surface area contributed by atoms with E-state index in [1.165, 1.54) is 0 Å². The molecule has 0 aliphatic rings. The van der Waals surface area contributed by atoms with Crippen LogP contribution in [0.25, 0.3) is 11.3 Å². The van der Waals surface area contributed by atoms with Gasteiger partial charge in [0.05, 0.1) is 6.54 Å². The molecule has 0 unspecified atom stereocenters. The highest BCUT2D eigenvalue weighted by Crippen LogP contribution is 2.21. The normalized spacial score (nSPS) is 10.9. The van der Waals surface area contributed by atoms with Crippen LogP contribution < -0.4 is 5.32 Å². The minimum absolute atomic E-state index is 0.572. The number of hydrogen-bond acceptors (Lipinski definition) is 4. The monoisotopic (exact) mass is 389 g/mol. The highest BCUT2D eigenvalue weighted by molar-refractivity contribution is 6.30. The molecule has 2 aromatic heterocycles. The summed E-state index contributed by atoms with van der Waals surface area (Å²) < 4.78 is 0. The molecular weight excluding hydrogens is 370 g/mol. The van der Waals surface area contributed by atoms with Gasteiger partial charge in [-0.25, -0.2) is 0 Å². The summed E-state index contributed by atoms with van der Waals surface area (Å²) in [5, 5.41) is 13.6. The van der Waals surface area contributed by atoms with Crippen molar-refractivity contribution >= 4 is 11.6 Å². The van der Waals surface area contributed by atoms with Crippen molar-refractivity contribution in [1.82, 2.24) is 25.3 Å². The SMILES string of the molecule is Clc1cccc(Cn2nc(CNCc3cccnc3)c(-c3ccccc3)n2)c1. The molecule has 0 radical (unpaired) electrons. The van der Waals surface area contributed by atoms with Crippen molar-refractivity contribution in [2.75, 3.05) is 0 Å². The van der Waals surface area contributed by atoms with E-state index in [2.05, 4.69) is 22.4 Å². The molecule has 0 saturated carbocycles. The summed E-state index contributed by atoms with van der Waals surface area (Å²) in [4.78, 5) is 5.88. The van der Waals surface area contributed by atoms with Gasteiger partial charge in [-0.3, -0.25) is 4.98 Å². The zero-order chi connectivity index (χ0) is 19.2. The van der Waals surface area contributed by atoms with Gasteiger partial charge in [0, 0.05) is 36.1 Å². The van der Waals surface area contributed by atoms with Crippen LogP contribution in [0.4, 0.5) is 0 Å². The highest BCUT2D eigenvalue weighted by Gasteiger charge is 2.13. The average Bonchev–Trinajstić information content (AvgIpc) is 3.12. The second-order valence-corrected chi connectivity index (χ2v) is 6.92. The van der Waals surface area contributed by atoms with Crippen LogP contribution >= 0.6 is 11.6 Å². The molecule has 0 saturated heterocycles. The number of benzene rings is 2. The number of hydrogen-bond donors (Lipinski definition) is 1. The first-order chi connectivity index (χ1) is 13.8. The standard InChI is InChI=1S/C22H20ClN5/c23-20-10-4-6-17(12-20)16-28-26-21(15-25-14-18-7-5-11-24-13-18)22(27-28)19-8-2-1-3-9-19/h1-13,25H,14-16H2. The maximum absolute atomic E-state index is 6.11. The molecule has 0 aliphatic heterocycles. The first-order valence-electron chi connectivity index (χ1n) is 9.11. The van der Waals surface area contributed by atoms with Gasteiger partial charge in [0.25, 0.3) is 0 Å². The lowest BCUT2D eigenvalue weighted by molar-refractivity contribution is 0.576. The van der Waals surface area contributed by atoms with Gasteiger partial charge in [0.1, 0.15) is 11.4 Å². The number of pyridine rings is 1. The smallest absolute Gasteiger partial charge is 0.117 e. The Kier molecular flexibility index (Phi) is 5.75. The topological polar surface area (TPSA) is 55.6 Å². The van der Waals surface area contributed by atoms with Gasteiger partial charge in [-0.15, -0.1) is 0 Å². The van der Waals surface area contributed by atoms with Gasteiger partial charge in [-0.2, -0.15) is 15.0 Å². The fourth-order valence-corrected chi connectivity index (χ4v) is 3.23. The lowest BCUT2D eigenvalue weighted by Crippen LogP contribution is -2.14. The molecule has 0 spiro atoms. The van der Waals surface area contributed by atoms with Crippen molar-refractivity contribution in [3.8, 4) is 11.3 Å². The number of halogens is 1. The molecule has 0 atom stereocenters. The van der Waals surface area contributed by atoms with Crippen molar-refractivity contribution in [3.63, 3.8) is 0 Å². The molecule has 0 fully saturated rings. The molecule has 4 aromatic rings. The van der Waals surface area contributed by atoms with Crippen molar-refractivity contribution in [2.24, 2.45) is 0 Å². The molecule has 6 heteroatoms. The fraction of sp³-hybridized carbons (Fsp3) is 0.136. The summed E-state index contributed by atoms with van der Waals surface area (Å²) in [5.74, 6) is 0. The van der Waals surface area contributed by atoms with Gasteiger partial charge < -0.3 is 5.32 Å². The number of aromatic nitrogens is 4. The average molecular weight is 390 g/mol. The van der Waals surface area contributed by atoms with Crippen molar-refractivity contribution in [3.05, 3.63) is 101 Å². The maximum atomic E-state index is 6.11. The molecule has 0 aliphatic carbocycles. The molecular formula is C22H20ClN5. The third-order valence-electron chi connectivity index (χ3n) is 4.33. The predicted octanol–water partition coefficient (Wildman–Crippen LogP) is 4.33. The van der Waals surface area contributed by atoms with Crippen LogP contribution in [0.5, 0.6) is 0 Å². The Balaban J connectivity index is 1.55. The van der Waals surface area contributed by atoms with Gasteiger partial charge >= 0.3 is 0 Å². The second kappa shape index (κ2) is 8.78. The predicted molar refractivity (Wildman–Crippen MR) is 111 cm³/mol. The molecule has 5 nitrogen and oxygen atoms in total. The zero-order valence-electron chi connectivity index (χ0n) is 15.3. The zero-order valence-corrected chi connectivity index (χ0v) is 16.0. The van der Waals surface area contributed by atoms with Crippen LogP contribution in [-0.4, -0.2) is 20.0 Å². The van der Waals surface area contributed by atoms with E-state index >= 15 is 0 Å². The van der Waals surface area contributed by atoms with Crippen molar-refractivity contribution in [1.29, 1.82) is 0 Å². The Hall–Kier alpha value is -3.02. The second-order valence-electron chi connectivity index (χ2n) is 6.49. The third-order valence-corrected chi connectivity index (χ3v) is 4.56. The van der Waals surface area contributed by atoms with E-state index < -0.39 is 0 Å². The number of nitrogens with one attached hydrogen (secondary N) is 1. The minimum atomic E-state index is 0.572. The first kappa shape index (κ1) is 18.3. The van der Waals surface area contributed by atoms with Crippen LogP contribution in [0, 0.1) is 0 Å². The van der Waals surface area contributed by atoms with Gasteiger partial charge in [0.15, 0.2) is 0 Å². The third kappa shape index (κ3) is 4.63. The molecule has 4 rings (SSSR count). The lowest BCUT2D eigenvalue weighted by Gasteiger charge is -2.04. The summed E-state index contributed by atoms with van der Waals surface area (Å²) in [6.07, 6.45) is 3.64. The molecule has 140 valence electrons. The van der Waals surface area contributed by atoms with E-state index in [0.29, 0.717) is 18.1 Å². The molecule has 0 bridgehead atoms. The van der Waals surface area contributed by atoms with E-state index in [0.717, 1.165) is 34.6 Å². The molecule has 1 N–H and O–H groups in total. The number of nitrogens with zero attached hydrogens (tertiary/aromatic N) is 4. The first-order valence-corrected chi connectivity index (χ1v) is 9.49. The Morgan fingerprint density at radius 3 is 2.50 bits per heavy atom. The molecule has 28 heavy (non-hydrogen) atoms. The summed E-state index contributed by atoms with van der Waals surface area (Å²) in [5.41, 5.74) is 5.06. The fourth-order valence-electron chi connectivity index (χ4n) is 3.02. The molecule has 0 amide bonds. The van der Waals surface area contributed by atoms with Crippen LogP contribution in [0.3, 0.4) is 0 Å². The van der Waals surface area contributed by atoms with Gasteiger partial charge in [0.2, 0.25) is 0 Å². The summed E-state index contributed by atoms with van der Waals surface area (Å²) in [6.45, 7) is 1.92. The van der Waals surface area contributed by atoms with E-state index in [4.69, 9.17) is 21.8 Å². The van der Waals surface area contributed by atoms with Crippen molar-refractivity contribution in [2.45, 2.75) is 19.6 Å². The minimum Gasteiger partial charge on any atom is -0.307 e. The van der Waals surface area contributed by atoms with E-state index in [9.17, 15) is 0 Å². The molecule has 2 aromatic carbocycles. The Bertz CT molecular complexity index is 1030. The summed E-state index contributed by atoms with van der Waals surface area (Å²) in [7, 11) is 0. The van der Waals surface area contributed by atoms with Crippen molar-refractivity contribution < 1.29 is 0 Å². The Labute approximate surface area is 169 Å². The van der Waals surface area contributed by atoms with E-state index in [1.807, 2.05) is 60.8 Å². The lowest BCUT2D eigenvalue weighted by atomic mass is 10.1. The molecule has 2 heterocycles. The summed E-state index contributed by atoms with van der Waals surface area (Å²) in [6, 6.07) is 21.9. The summed E-state index contributed by atoms with van der Waals surface area (Å²) >= 11 is 6.11. The quantitative estimate of drug-likeness (QED) is 0.511. The highest BCUT2D eigenvalue weighted by atomic mass is 35.5. The van der Waals surface area contributed by atoms with E-state index in [-0.39, 0.29) is 0 Å². The Morgan fingerprint density at radius 1 is 0.857 bits per heavy atom. The number of rotatable bonds is 7. The van der Waals surface area contributed by atoms with Crippen LogP contribution in [0.2, 0.25) is 5.02 Å². The van der Waals surface area contributed by atoms with Crippen LogP contribution in [0.15, 0.2) is 79.1 Å².